The van der Waals surface area contributed by atoms with Crippen LogP contribution in [0, 0.1) is 15.9 Å². The topological polar surface area (TPSA) is 52.4 Å². The van der Waals surface area contributed by atoms with Crippen molar-refractivity contribution in [3.63, 3.8) is 0 Å². The van der Waals surface area contributed by atoms with E-state index in [4.69, 9.17) is 4.74 Å². The Morgan fingerprint density at radius 3 is 2.53 bits per heavy atom. The zero-order valence-electron chi connectivity index (χ0n) is 11.2. The molecule has 0 atom stereocenters. The molecule has 4 nitrogen and oxygen atoms in total. The molecule has 0 spiro atoms. The highest BCUT2D eigenvalue weighted by Crippen LogP contribution is 2.22. The van der Waals surface area contributed by atoms with Crippen LogP contribution >= 0.6 is 0 Å². The van der Waals surface area contributed by atoms with Crippen molar-refractivity contribution in [2.45, 2.75) is 45.4 Å². The van der Waals surface area contributed by atoms with Crippen LogP contribution in [0.3, 0.4) is 0 Å². The van der Waals surface area contributed by atoms with Crippen molar-refractivity contribution in [2.24, 2.45) is 0 Å². The van der Waals surface area contributed by atoms with Gasteiger partial charge in [0.15, 0.2) is 0 Å². The number of unbranched alkanes of at least 4 members (excludes halogenated alkanes) is 5. The van der Waals surface area contributed by atoms with E-state index in [9.17, 15) is 14.5 Å². The molecular weight excluding hydrogens is 249 g/mol. The predicted molar refractivity (Wildman–Crippen MR) is 71.9 cm³/mol. The second-order valence-corrected chi connectivity index (χ2v) is 4.52. The number of halogens is 1. The van der Waals surface area contributed by atoms with E-state index in [1.807, 2.05) is 0 Å². The number of rotatable bonds is 9. The minimum Gasteiger partial charge on any atom is -0.493 e. The first-order valence-electron chi connectivity index (χ1n) is 6.71. The van der Waals surface area contributed by atoms with Gasteiger partial charge in [-0.1, -0.05) is 39.0 Å². The van der Waals surface area contributed by atoms with Gasteiger partial charge in [0.1, 0.15) is 11.6 Å². The fourth-order valence-corrected chi connectivity index (χ4v) is 1.81. The van der Waals surface area contributed by atoms with Crippen LogP contribution in [0.1, 0.15) is 45.4 Å². The van der Waals surface area contributed by atoms with Gasteiger partial charge in [0.2, 0.25) is 0 Å². The molecule has 106 valence electrons. The number of non-ortho nitro benzene ring substituents is 1. The molecule has 1 aromatic rings. The summed E-state index contributed by atoms with van der Waals surface area (Å²) in [4.78, 5) is 9.94. The van der Waals surface area contributed by atoms with Crippen molar-refractivity contribution >= 4 is 5.69 Å². The minimum absolute atomic E-state index is 0.222. The first-order valence-corrected chi connectivity index (χ1v) is 6.71. The standard InChI is InChI=1S/C14H20FNO3/c1-2-3-4-5-6-7-8-19-14-10-12(15)9-13(11-14)16(17)18/h9-11H,2-8H2,1H3. The molecule has 0 aliphatic rings. The van der Waals surface area contributed by atoms with E-state index in [0.29, 0.717) is 6.61 Å². The molecule has 5 heteroatoms. The zero-order chi connectivity index (χ0) is 14.1. The monoisotopic (exact) mass is 269 g/mol. The molecule has 1 aromatic carbocycles. The van der Waals surface area contributed by atoms with Crippen molar-refractivity contribution in [3.05, 3.63) is 34.1 Å². The maximum Gasteiger partial charge on any atom is 0.276 e. The molecule has 0 saturated carbocycles. The minimum atomic E-state index is -0.646. The van der Waals surface area contributed by atoms with Crippen molar-refractivity contribution < 1.29 is 14.1 Å². The van der Waals surface area contributed by atoms with Crippen LogP contribution in [0.4, 0.5) is 10.1 Å². The van der Waals surface area contributed by atoms with E-state index >= 15 is 0 Å². The number of benzene rings is 1. The third-order valence-electron chi connectivity index (χ3n) is 2.83. The second-order valence-electron chi connectivity index (χ2n) is 4.52. The van der Waals surface area contributed by atoms with E-state index < -0.39 is 10.7 Å². The summed E-state index contributed by atoms with van der Waals surface area (Å²) in [5, 5.41) is 10.6. The van der Waals surface area contributed by atoms with Crippen LogP contribution in [0.5, 0.6) is 5.75 Å². The van der Waals surface area contributed by atoms with Gasteiger partial charge in [-0.2, -0.15) is 0 Å². The lowest BCUT2D eigenvalue weighted by Crippen LogP contribution is -1.99. The average Bonchev–Trinajstić information content (AvgIpc) is 2.37. The van der Waals surface area contributed by atoms with Crippen LogP contribution < -0.4 is 4.74 Å². The lowest BCUT2D eigenvalue weighted by molar-refractivity contribution is -0.385. The Balaban J connectivity index is 2.31. The third kappa shape index (κ3) is 6.18. The summed E-state index contributed by atoms with van der Waals surface area (Å²) in [6, 6.07) is 3.31. The molecule has 0 aliphatic carbocycles. The van der Waals surface area contributed by atoms with E-state index in [1.165, 1.54) is 37.8 Å². The first kappa shape index (κ1) is 15.4. The predicted octanol–water partition coefficient (Wildman–Crippen LogP) is 4.47. The van der Waals surface area contributed by atoms with Crippen molar-refractivity contribution in [3.8, 4) is 5.75 Å². The molecule has 1 rings (SSSR count). The van der Waals surface area contributed by atoms with Gasteiger partial charge in [-0.15, -0.1) is 0 Å². The third-order valence-corrected chi connectivity index (χ3v) is 2.83. The zero-order valence-corrected chi connectivity index (χ0v) is 11.2. The Bertz CT molecular complexity index is 410. The number of nitrogens with zero attached hydrogens (tertiary/aromatic N) is 1. The Labute approximate surface area is 112 Å². The molecule has 0 fully saturated rings. The van der Waals surface area contributed by atoms with E-state index in [-0.39, 0.29) is 11.4 Å². The quantitative estimate of drug-likeness (QED) is 0.377. The molecular formula is C14H20FNO3. The summed E-state index contributed by atoms with van der Waals surface area (Å²) in [5.74, 6) is -0.424. The normalized spacial score (nSPS) is 10.4. The van der Waals surface area contributed by atoms with E-state index in [0.717, 1.165) is 18.9 Å². The molecule has 0 bridgehead atoms. The number of hydrogen-bond donors (Lipinski definition) is 0. The van der Waals surface area contributed by atoms with Gasteiger partial charge in [-0.25, -0.2) is 4.39 Å². The van der Waals surface area contributed by atoms with E-state index in [1.54, 1.807) is 0 Å². The summed E-state index contributed by atoms with van der Waals surface area (Å²) >= 11 is 0. The molecule has 0 amide bonds. The number of nitro groups is 1. The van der Waals surface area contributed by atoms with Gasteiger partial charge in [-0.3, -0.25) is 10.1 Å². The van der Waals surface area contributed by atoms with Crippen LogP contribution in [-0.4, -0.2) is 11.5 Å². The van der Waals surface area contributed by atoms with Gasteiger partial charge >= 0.3 is 0 Å². The highest BCUT2D eigenvalue weighted by atomic mass is 19.1. The number of hydrogen-bond acceptors (Lipinski definition) is 3. The Kier molecular flexibility index (Phi) is 6.85. The smallest absolute Gasteiger partial charge is 0.276 e. The first-order chi connectivity index (χ1) is 9.13. The Morgan fingerprint density at radius 2 is 1.84 bits per heavy atom. The van der Waals surface area contributed by atoms with E-state index in [2.05, 4.69) is 6.92 Å². The molecule has 19 heavy (non-hydrogen) atoms. The lowest BCUT2D eigenvalue weighted by atomic mass is 10.1. The Hall–Kier alpha value is -1.65. The fourth-order valence-electron chi connectivity index (χ4n) is 1.81. The van der Waals surface area contributed by atoms with Crippen LogP contribution in [-0.2, 0) is 0 Å². The highest BCUT2D eigenvalue weighted by Gasteiger charge is 2.10. The van der Waals surface area contributed by atoms with Crippen LogP contribution in [0.2, 0.25) is 0 Å². The van der Waals surface area contributed by atoms with Crippen molar-refractivity contribution in [2.75, 3.05) is 6.61 Å². The molecule has 0 aromatic heterocycles. The largest absolute Gasteiger partial charge is 0.493 e. The van der Waals surface area contributed by atoms with Crippen LogP contribution in [0.25, 0.3) is 0 Å². The summed E-state index contributed by atoms with van der Waals surface area (Å²) < 4.78 is 18.5. The van der Waals surface area contributed by atoms with Crippen molar-refractivity contribution in [1.82, 2.24) is 0 Å². The maximum absolute atomic E-state index is 13.1. The molecule has 0 aliphatic heterocycles. The van der Waals surface area contributed by atoms with Gasteiger partial charge in [0, 0.05) is 6.07 Å². The molecule has 0 saturated heterocycles. The number of nitro benzene ring substituents is 1. The molecule has 0 heterocycles. The van der Waals surface area contributed by atoms with Gasteiger partial charge in [-0.05, 0) is 6.42 Å². The van der Waals surface area contributed by atoms with Gasteiger partial charge in [0.05, 0.1) is 23.7 Å². The number of ether oxygens (including phenoxy) is 1. The average molecular weight is 269 g/mol. The summed E-state index contributed by atoms with van der Waals surface area (Å²) in [7, 11) is 0. The van der Waals surface area contributed by atoms with Gasteiger partial charge in [0.25, 0.3) is 5.69 Å². The lowest BCUT2D eigenvalue weighted by Gasteiger charge is -2.06. The molecule has 0 N–H and O–H groups in total. The SMILES string of the molecule is CCCCCCCCOc1cc(F)cc([N+](=O)[O-])c1. The Morgan fingerprint density at radius 1 is 1.16 bits per heavy atom. The summed E-state index contributed by atoms with van der Waals surface area (Å²) in [5.41, 5.74) is -0.280. The summed E-state index contributed by atoms with van der Waals surface area (Å²) in [6.45, 7) is 2.63. The molecule has 0 radical (unpaired) electrons. The molecule has 0 unspecified atom stereocenters. The fraction of sp³-hybridized carbons (Fsp3) is 0.571. The second kappa shape index (κ2) is 8.45. The van der Waals surface area contributed by atoms with Gasteiger partial charge < -0.3 is 4.74 Å². The summed E-state index contributed by atoms with van der Waals surface area (Å²) in [6.07, 6.45) is 6.80. The maximum atomic E-state index is 13.1. The highest BCUT2D eigenvalue weighted by molar-refractivity contribution is 5.38. The van der Waals surface area contributed by atoms with Crippen LogP contribution in [0.15, 0.2) is 18.2 Å². The van der Waals surface area contributed by atoms with Crippen molar-refractivity contribution in [1.29, 1.82) is 0 Å².